The molecule has 7 heteroatoms. The van der Waals surface area contributed by atoms with Gasteiger partial charge in [-0.25, -0.2) is 0 Å². The van der Waals surface area contributed by atoms with Gasteiger partial charge in [-0.05, 0) is 57.1 Å². The molecule has 1 aromatic heterocycles. The second-order valence-electron chi connectivity index (χ2n) is 7.00. The summed E-state index contributed by atoms with van der Waals surface area (Å²) in [4.78, 5) is 9.67. The Morgan fingerprint density at radius 1 is 1.08 bits per heavy atom. The van der Waals surface area contributed by atoms with Crippen LogP contribution in [-0.4, -0.2) is 59.0 Å². The van der Waals surface area contributed by atoms with Crippen LogP contribution in [0.5, 0.6) is 11.5 Å². The molecule has 0 saturated carbocycles. The Kier molecular flexibility index (Phi) is 3.83. The highest BCUT2D eigenvalue weighted by atomic mass is 16.7. The lowest BCUT2D eigenvalue weighted by atomic mass is 10.2. The zero-order valence-electron chi connectivity index (χ0n) is 14.2. The number of hydrogen-bond acceptors (Lipinski definition) is 7. The SMILES string of the molecule is c1cc2c(cc1-c1noc(CN3CCCN4CCCC4C3)n1)OCO2. The number of nitrogens with zero attached hydrogens (tertiary/aromatic N) is 4. The van der Waals surface area contributed by atoms with Crippen LogP contribution in [0.2, 0.25) is 0 Å². The molecule has 0 bridgehead atoms. The van der Waals surface area contributed by atoms with E-state index in [1.54, 1.807) is 0 Å². The van der Waals surface area contributed by atoms with E-state index in [1.165, 1.54) is 32.4 Å². The summed E-state index contributed by atoms with van der Waals surface area (Å²) in [7, 11) is 0. The van der Waals surface area contributed by atoms with E-state index in [0.29, 0.717) is 17.8 Å². The minimum atomic E-state index is 0.267. The van der Waals surface area contributed by atoms with Crippen LogP contribution in [0.4, 0.5) is 0 Å². The van der Waals surface area contributed by atoms with Gasteiger partial charge in [0.2, 0.25) is 18.5 Å². The molecule has 5 rings (SSSR count). The molecule has 0 aliphatic carbocycles. The molecule has 1 atom stereocenters. The predicted octanol–water partition coefficient (Wildman–Crippen LogP) is 2.14. The summed E-state index contributed by atoms with van der Waals surface area (Å²) in [5.41, 5.74) is 0.886. The first-order valence-electron chi connectivity index (χ1n) is 9.04. The first kappa shape index (κ1) is 15.2. The Labute approximate surface area is 146 Å². The Hall–Kier alpha value is -2.12. The van der Waals surface area contributed by atoms with E-state index >= 15 is 0 Å². The molecule has 2 aromatic rings. The molecule has 2 saturated heterocycles. The summed E-state index contributed by atoms with van der Waals surface area (Å²) in [6.07, 6.45) is 3.84. The molecule has 3 aliphatic heterocycles. The van der Waals surface area contributed by atoms with E-state index in [2.05, 4.69) is 19.9 Å². The first-order chi connectivity index (χ1) is 12.3. The van der Waals surface area contributed by atoms with E-state index in [-0.39, 0.29) is 6.79 Å². The first-order valence-corrected chi connectivity index (χ1v) is 9.04. The highest BCUT2D eigenvalue weighted by molar-refractivity contribution is 5.61. The average molecular weight is 342 g/mol. The molecule has 1 unspecified atom stereocenters. The van der Waals surface area contributed by atoms with Gasteiger partial charge in [-0.15, -0.1) is 0 Å². The van der Waals surface area contributed by atoms with Gasteiger partial charge in [-0.3, -0.25) is 9.80 Å². The van der Waals surface area contributed by atoms with Crippen molar-refractivity contribution in [3.63, 3.8) is 0 Å². The van der Waals surface area contributed by atoms with Gasteiger partial charge in [0.05, 0.1) is 6.54 Å². The molecular weight excluding hydrogens is 320 g/mol. The second-order valence-corrected chi connectivity index (χ2v) is 7.00. The zero-order valence-corrected chi connectivity index (χ0v) is 14.2. The fraction of sp³-hybridized carbons (Fsp3) is 0.556. The maximum Gasteiger partial charge on any atom is 0.241 e. The summed E-state index contributed by atoms with van der Waals surface area (Å²) in [5.74, 6) is 2.78. The van der Waals surface area contributed by atoms with Gasteiger partial charge in [-0.1, -0.05) is 5.16 Å². The minimum absolute atomic E-state index is 0.267. The van der Waals surface area contributed by atoms with E-state index in [0.717, 1.165) is 36.7 Å². The van der Waals surface area contributed by atoms with Crippen molar-refractivity contribution in [1.29, 1.82) is 0 Å². The Morgan fingerprint density at radius 2 is 2.00 bits per heavy atom. The Morgan fingerprint density at radius 3 is 3.00 bits per heavy atom. The van der Waals surface area contributed by atoms with Crippen molar-refractivity contribution in [3.8, 4) is 22.9 Å². The maximum atomic E-state index is 5.50. The fourth-order valence-electron chi connectivity index (χ4n) is 4.09. The number of hydrogen-bond donors (Lipinski definition) is 0. The average Bonchev–Trinajstić information content (AvgIpc) is 3.34. The van der Waals surface area contributed by atoms with Crippen molar-refractivity contribution in [3.05, 3.63) is 24.1 Å². The Balaban J connectivity index is 1.29. The summed E-state index contributed by atoms with van der Waals surface area (Å²) >= 11 is 0. The number of benzene rings is 1. The van der Waals surface area contributed by atoms with Crippen LogP contribution < -0.4 is 9.47 Å². The van der Waals surface area contributed by atoms with Crippen LogP contribution in [0.3, 0.4) is 0 Å². The molecule has 132 valence electrons. The fourth-order valence-corrected chi connectivity index (χ4v) is 4.09. The lowest BCUT2D eigenvalue weighted by Gasteiger charge is -2.24. The molecular formula is C18H22N4O3. The van der Waals surface area contributed by atoms with Crippen LogP contribution >= 0.6 is 0 Å². The van der Waals surface area contributed by atoms with E-state index in [9.17, 15) is 0 Å². The van der Waals surface area contributed by atoms with Gasteiger partial charge < -0.3 is 14.0 Å². The Bertz CT molecular complexity index is 763. The lowest BCUT2D eigenvalue weighted by Crippen LogP contribution is -2.36. The highest BCUT2D eigenvalue weighted by Gasteiger charge is 2.29. The summed E-state index contributed by atoms with van der Waals surface area (Å²) in [6.45, 7) is 5.66. The van der Waals surface area contributed by atoms with E-state index in [1.807, 2.05) is 18.2 Å². The number of fused-ring (bicyclic) bond motifs is 2. The van der Waals surface area contributed by atoms with Gasteiger partial charge in [0.15, 0.2) is 11.5 Å². The summed E-state index contributed by atoms with van der Waals surface area (Å²) in [5, 5.41) is 4.15. The van der Waals surface area contributed by atoms with Crippen LogP contribution in [0.25, 0.3) is 11.4 Å². The van der Waals surface area contributed by atoms with Crippen LogP contribution in [0, 0.1) is 0 Å². The van der Waals surface area contributed by atoms with E-state index in [4.69, 9.17) is 14.0 Å². The van der Waals surface area contributed by atoms with E-state index < -0.39 is 0 Å². The molecule has 7 nitrogen and oxygen atoms in total. The second kappa shape index (κ2) is 6.31. The van der Waals surface area contributed by atoms with Crippen molar-refractivity contribution in [2.75, 3.05) is 33.0 Å². The summed E-state index contributed by atoms with van der Waals surface area (Å²) in [6, 6.07) is 6.42. The molecule has 2 fully saturated rings. The van der Waals surface area contributed by atoms with Crippen LogP contribution in [0.15, 0.2) is 22.7 Å². The quantitative estimate of drug-likeness (QED) is 0.847. The standard InChI is InChI=1S/C18H22N4O3/c1-3-14-10-21(6-2-8-22(14)7-1)11-17-19-18(20-25-17)13-4-5-15-16(9-13)24-12-23-15/h4-5,9,14H,1-3,6-8,10-12H2. The number of ether oxygens (including phenoxy) is 2. The highest BCUT2D eigenvalue weighted by Crippen LogP contribution is 2.35. The van der Waals surface area contributed by atoms with Gasteiger partial charge in [0.25, 0.3) is 0 Å². The largest absolute Gasteiger partial charge is 0.454 e. The van der Waals surface area contributed by atoms with Crippen LogP contribution in [0.1, 0.15) is 25.2 Å². The monoisotopic (exact) mass is 342 g/mol. The van der Waals surface area contributed by atoms with Gasteiger partial charge in [0, 0.05) is 18.2 Å². The molecule has 0 radical (unpaired) electrons. The van der Waals surface area contributed by atoms with Gasteiger partial charge >= 0.3 is 0 Å². The summed E-state index contributed by atoms with van der Waals surface area (Å²) < 4.78 is 16.3. The van der Waals surface area contributed by atoms with Crippen molar-refractivity contribution in [1.82, 2.24) is 19.9 Å². The molecule has 25 heavy (non-hydrogen) atoms. The smallest absolute Gasteiger partial charge is 0.241 e. The predicted molar refractivity (Wildman–Crippen MR) is 90.3 cm³/mol. The van der Waals surface area contributed by atoms with Crippen molar-refractivity contribution in [2.24, 2.45) is 0 Å². The molecule has 0 amide bonds. The lowest BCUT2D eigenvalue weighted by molar-refractivity contribution is 0.174. The number of rotatable bonds is 3. The topological polar surface area (TPSA) is 63.9 Å². The normalized spacial score (nSPS) is 23.6. The molecule has 0 N–H and O–H groups in total. The van der Waals surface area contributed by atoms with Gasteiger partial charge in [0.1, 0.15) is 0 Å². The van der Waals surface area contributed by atoms with Crippen molar-refractivity contribution in [2.45, 2.75) is 31.8 Å². The number of aromatic nitrogens is 2. The van der Waals surface area contributed by atoms with Crippen molar-refractivity contribution < 1.29 is 14.0 Å². The van der Waals surface area contributed by atoms with Gasteiger partial charge in [-0.2, -0.15) is 4.98 Å². The zero-order chi connectivity index (χ0) is 16.6. The minimum Gasteiger partial charge on any atom is -0.454 e. The molecule has 3 aliphatic rings. The molecule has 0 spiro atoms. The third-order valence-electron chi connectivity index (χ3n) is 5.35. The molecule has 4 heterocycles. The third kappa shape index (κ3) is 2.98. The van der Waals surface area contributed by atoms with Crippen molar-refractivity contribution >= 4 is 0 Å². The third-order valence-corrected chi connectivity index (χ3v) is 5.35. The molecule has 1 aromatic carbocycles. The van der Waals surface area contributed by atoms with Crippen LogP contribution in [-0.2, 0) is 6.54 Å². The maximum absolute atomic E-state index is 5.50.